The number of nitrogens with two attached hydrogens (primary N) is 1. The number of hydrogen-bond donors (Lipinski definition) is 1. The maximum atomic E-state index is 13.8. The Morgan fingerprint density at radius 1 is 0.938 bits per heavy atom. The molecule has 1 aliphatic rings. The van der Waals surface area contributed by atoms with Crippen molar-refractivity contribution < 1.29 is 27.2 Å². The Bertz CT molecular complexity index is 1120. The van der Waals surface area contributed by atoms with Crippen molar-refractivity contribution in [1.82, 2.24) is 9.80 Å². The Morgan fingerprint density at radius 3 is 2.31 bits per heavy atom. The maximum Gasteiger partial charge on any atom is 0.289 e. The van der Waals surface area contributed by atoms with E-state index in [1.165, 1.54) is 0 Å². The van der Waals surface area contributed by atoms with Crippen LogP contribution in [0.2, 0.25) is 0 Å². The smallest absolute Gasteiger partial charge is 0.289 e. The molecule has 1 aromatic heterocycles. The van der Waals surface area contributed by atoms with Gasteiger partial charge in [-0.1, -0.05) is 18.2 Å². The van der Waals surface area contributed by atoms with Crippen molar-refractivity contribution >= 4 is 22.8 Å². The number of para-hydroxylation sites is 1. The summed E-state index contributed by atoms with van der Waals surface area (Å²) in [7, 11) is 0. The minimum atomic E-state index is -1.27. The second-order valence-corrected chi connectivity index (χ2v) is 7.85. The molecule has 0 spiro atoms. The third-order valence-corrected chi connectivity index (χ3v) is 5.56. The standard InChI is InChI=1S/C23H22F3N3O3/c24-17-13-19(26)18(25)10-15(17)9-16(27)12-22(30)28-5-7-29(8-6-28)23(31)21-11-14-3-1-2-4-20(14)32-21/h1-4,10-11,13,16H,5-9,12,27H2/t16-/m1/s1. The van der Waals surface area contributed by atoms with E-state index in [0.717, 1.165) is 11.5 Å². The molecule has 0 saturated carbocycles. The first kappa shape index (κ1) is 21.9. The zero-order chi connectivity index (χ0) is 22.8. The van der Waals surface area contributed by atoms with E-state index >= 15 is 0 Å². The van der Waals surface area contributed by atoms with E-state index in [9.17, 15) is 22.8 Å². The minimum absolute atomic E-state index is 0.0735. The Hall–Kier alpha value is -3.33. The van der Waals surface area contributed by atoms with Crippen LogP contribution in [0, 0.1) is 17.5 Å². The summed E-state index contributed by atoms with van der Waals surface area (Å²) in [5.41, 5.74) is 6.51. The number of carbonyl (C=O) groups excluding carboxylic acids is 2. The molecule has 2 N–H and O–H groups in total. The van der Waals surface area contributed by atoms with Crippen LogP contribution in [0.15, 0.2) is 46.9 Å². The van der Waals surface area contributed by atoms with Crippen LogP contribution in [0.5, 0.6) is 0 Å². The highest BCUT2D eigenvalue weighted by atomic mass is 19.2. The third kappa shape index (κ3) is 4.62. The van der Waals surface area contributed by atoms with Crippen molar-refractivity contribution in [2.45, 2.75) is 18.9 Å². The van der Waals surface area contributed by atoms with Gasteiger partial charge in [0.2, 0.25) is 5.91 Å². The second kappa shape index (κ2) is 9.04. The number of benzene rings is 2. The fourth-order valence-corrected chi connectivity index (χ4v) is 3.83. The largest absolute Gasteiger partial charge is 0.451 e. The quantitative estimate of drug-likeness (QED) is 0.612. The van der Waals surface area contributed by atoms with E-state index in [1.807, 2.05) is 18.2 Å². The van der Waals surface area contributed by atoms with Crippen LogP contribution in [0.4, 0.5) is 13.2 Å². The zero-order valence-corrected chi connectivity index (χ0v) is 17.2. The number of nitrogens with zero attached hydrogens (tertiary/aromatic N) is 2. The lowest BCUT2D eigenvalue weighted by Gasteiger charge is -2.34. The molecular formula is C23H22F3N3O3. The van der Waals surface area contributed by atoms with Gasteiger partial charge in [-0.3, -0.25) is 9.59 Å². The summed E-state index contributed by atoms with van der Waals surface area (Å²) < 4.78 is 45.8. The first-order valence-electron chi connectivity index (χ1n) is 10.3. The Kier molecular flexibility index (Phi) is 6.18. The fraction of sp³-hybridized carbons (Fsp3) is 0.304. The number of hydrogen-bond acceptors (Lipinski definition) is 4. The number of piperazine rings is 1. The van der Waals surface area contributed by atoms with Crippen LogP contribution >= 0.6 is 0 Å². The van der Waals surface area contributed by atoms with Crippen LogP contribution in [0.3, 0.4) is 0 Å². The highest BCUT2D eigenvalue weighted by molar-refractivity contribution is 5.96. The van der Waals surface area contributed by atoms with E-state index in [0.29, 0.717) is 37.8 Å². The number of carbonyl (C=O) groups is 2. The molecule has 4 rings (SSSR count). The molecule has 1 aliphatic heterocycles. The normalized spacial score (nSPS) is 15.2. The Balaban J connectivity index is 1.30. The summed E-state index contributed by atoms with van der Waals surface area (Å²) in [6.45, 7) is 1.34. The lowest BCUT2D eigenvalue weighted by Crippen LogP contribution is -2.51. The molecule has 2 amide bonds. The van der Waals surface area contributed by atoms with Gasteiger partial charge >= 0.3 is 0 Å². The van der Waals surface area contributed by atoms with Crippen LogP contribution in [-0.4, -0.2) is 53.8 Å². The molecule has 2 aromatic carbocycles. The Labute approximate surface area is 182 Å². The first-order chi connectivity index (χ1) is 15.3. The van der Waals surface area contributed by atoms with Gasteiger partial charge in [-0.05, 0) is 30.2 Å². The molecule has 9 heteroatoms. The number of furan rings is 1. The summed E-state index contributed by atoms with van der Waals surface area (Å²) in [5.74, 6) is -3.56. The first-order valence-corrected chi connectivity index (χ1v) is 10.3. The van der Waals surface area contributed by atoms with E-state index in [2.05, 4.69) is 0 Å². The highest BCUT2D eigenvalue weighted by Gasteiger charge is 2.27. The lowest BCUT2D eigenvalue weighted by molar-refractivity contribution is -0.133. The summed E-state index contributed by atoms with van der Waals surface area (Å²) in [4.78, 5) is 28.5. The highest BCUT2D eigenvalue weighted by Crippen LogP contribution is 2.21. The van der Waals surface area contributed by atoms with Crippen LogP contribution in [-0.2, 0) is 11.2 Å². The van der Waals surface area contributed by atoms with Gasteiger partial charge in [-0.15, -0.1) is 0 Å². The average Bonchev–Trinajstić information content (AvgIpc) is 3.21. The van der Waals surface area contributed by atoms with E-state index < -0.39 is 23.5 Å². The van der Waals surface area contributed by atoms with E-state index in [1.54, 1.807) is 21.9 Å². The van der Waals surface area contributed by atoms with Gasteiger partial charge in [0, 0.05) is 50.1 Å². The predicted molar refractivity (Wildman–Crippen MR) is 111 cm³/mol. The average molecular weight is 445 g/mol. The van der Waals surface area contributed by atoms with Gasteiger partial charge in [-0.2, -0.15) is 0 Å². The molecule has 168 valence electrons. The summed E-state index contributed by atoms with van der Waals surface area (Å²) in [6.07, 6.45) is -0.171. The van der Waals surface area contributed by atoms with Crippen LogP contribution in [0.25, 0.3) is 11.0 Å². The van der Waals surface area contributed by atoms with Crippen molar-refractivity contribution in [3.63, 3.8) is 0 Å². The summed E-state index contributed by atoms with van der Waals surface area (Å²) in [5, 5.41) is 0.844. The number of amides is 2. The van der Waals surface area contributed by atoms with Crippen molar-refractivity contribution in [3.8, 4) is 0 Å². The monoisotopic (exact) mass is 445 g/mol. The van der Waals surface area contributed by atoms with Gasteiger partial charge in [0.25, 0.3) is 5.91 Å². The van der Waals surface area contributed by atoms with E-state index in [4.69, 9.17) is 10.2 Å². The van der Waals surface area contributed by atoms with Crippen LogP contribution < -0.4 is 5.73 Å². The fourth-order valence-electron chi connectivity index (χ4n) is 3.83. The molecule has 0 unspecified atom stereocenters. The molecule has 0 aliphatic carbocycles. The molecule has 0 bridgehead atoms. The number of fused-ring (bicyclic) bond motifs is 1. The summed E-state index contributed by atoms with van der Waals surface area (Å²) >= 11 is 0. The number of rotatable bonds is 5. The summed E-state index contributed by atoms with van der Waals surface area (Å²) in [6, 6.07) is 9.52. The predicted octanol–water partition coefficient (Wildman–Crippen LogP) is 3.09. The lowest BCUT2D eigenvalue weighted by atomic mass is 10.0. The molecule has 6 nitrogen and oxygen atoms in total. The molecule has 1 fully saturated rings. The molecule has 32 heavy (non-hydrogen) atoms. The molecule has 1 atom stereocenters. The van der Waals surface area contributed by atoms with Crippen molar-refractivity contribution in [2.75, 3.05) is 26.2 Å². The zero-order valence-electron chi connectivity index (χ0n) is 17.2. The van der Waals surface area contributed by atoms with Gasteiger partial charge in [0.15, 0.2) is 17.4 Å². The molecule has 3 aromatic rings. The molecule has 2 heterocycles. The SMILES string of the molecule is N[C@@H](CC(=O)N1CCN(C(=O)c2cc3ccccc3o2)CC1)Cc1cc(F)c(F)cc1F. The van der Waals surface area contributed by atoms with E-state index in [-0.39, 0.29) is 36.0 Å². The number of halogens is 3. The maximum absolute atomic E-state index is 13.8. The minimum Gasteiger partial charge on any atom is -0.451 e. The van der Waals surface area contributed by atoms with Gasteiger partial charge in [0.1, 0.15) is 11.4 Å². The molecule has 1 saturated heterocycles. The Morgan fingerprint density at radius 2 is 1.59 bits per heavy atom. The van der Waals surface area contributed by atoms with Gasteiger partial charge in [-0.25, -0.2) is 13.2 Å². The van der Waals surface area contributed by atoms with Gasteiger partial charge < -0.3 is 20.0 Å². The molecular weight excluding hydrogens is 423 g/mol. The van der Waals surface area contributed by atoms with Gasteiger partial charge in [0.05, 0.1) is 0 Å². The van der Waals surface area contributed by atoms with Crippen molar-refractivity contribution in [3.05, 3.63) is 71.2 Å². The second-order valence-electron chi connectivity index (χ2n) is 7.85. The molecule has 0 radical (unpaired) electrons. The topological polar surface area (TPSA) is 79.8 Å². The van der Waals surface area contributed by atoms with Crippen molar-refractivity contribution in [2.24, 2.45) is 5.73 Å². The third-order valence-electron chi connectivity index (χ3n) is 5.56. The van der Waals surface area contributed by atoms with Crippen molar-refractivity contribution in [1.29, 1.82) is 0 Å². The van der Waals surface area contributed by atoms with Crippen LogP contribution in [0.1, 0.15) is 22.5 Å².